The molecule has 2 aliphatic rings. The van der Waals surface area contributed by atoms with Crippen LogP contribution in [-0.4, -0.2) is 26.4 Å². The van der Waals surface area contributed by atoms with Gasteiger partial charge in [0.15, 0.2) is 0 Å². The molecule has 23 heavy (non-hydrogen) atoms. The molecule has 0 fully saturated rings. The van der Waals surface area contributed by atoms with E-state index in [0.29, 0.717) is 13.1 Å². The van der Waals surface area contributed by atoms with Crippen molar-refractivity contribution < 1.29 is 10.1 Å². The third-order valence-electron chi connectivity index (χ3n) is 3.82. The lowest BCUT2D eigenvalue weighted by molar-refractivity contribution is -0.536. The van der Waals surface area contributed by atoms with Crippen LogP contribution in [0.5, 0.6) is 5.75 Å². The predicted molar refractivity (Wildman–Crippen MR) is 92.9 cm³/mol. The fraction of sp³-hybridized carbons (Fsp3) is 0.167. The first kappa shape index (κ1) is 15.3. The number of quaternary nitrogens is 1. The van der Waals surface area contributed by atoms with Gasteiger partial charge in [-0.2, -0.15) is 6.20 Å². The number of allylic oxidation sites excluding steroid dienone is 2. The Morgan fingerprint density at radius 1 is 1.35 bits per heavy atom. The lowest BCUT2D eigenvalue weighted by atomic mass is 10.0. The van der Waals surface area contributed by atoms with Gasteiger partial charge in [-0.15, -0.1) is 6.54 Å². The molecule has 2 heterocycles. The van der Waals surface area contributed by atoms with Crippen molar-refractivity contribution in [1.82, 2.24) is 0 Å². The average molecular weight is 308 g/mol. The molecule has 4 N–H and O–H groups in total. The van der Waals surface area contributed by atoms with Gasteiger partial charge in [0.25, 0.3) is 0 Å². The highest BCUT2D eigenvalue weighted by molar-refractivity contribution is 6.10. The summed E-state index contributed by atoms with van der Waals surface area (Å²) in [7, 11) is 1.66. The number of hydrogen-bond acceptors (Lipinski definition) is 3. The van der Waals surface area contributed by atoms with Gasteiger partial charge in [0.2, 0.25) is 5.82 Å². The van der Waals surface area contributed by atoms with E-state index in [-0.39, 0.29) is 0 Å². The standard InChI is InChI=1S/C18H19N4O/c1-23-16-4-2-13(3-5-16)15-11-21-18(22-12-15)17(10-19)14-6-8-20-9-7-14/h2-8,11-12,21H,9-10,19H2,1H3/q-1/p+1/b18-17-. The van der Waals surface area contributed by atoms with Crippen molar-refractivity contribution in [2.24, 2.45) is 10.7 Å². The minimum absolute atomic E-state index is 0.449. The van der Waals surface area contributed by atoms with E-state index in [9.17, 15) is 0 Å². The number of rotatable bonds is 4. The number of methoxy groups -OCH3 is 1. The van der Waals surface area contributed by atoms with Crippen molar-refractivity contribution in [2.45, 2.75) is 0 Å². The molecular weight excluding hydrogens is 288 g/mol. The van der Waals surface area contributed by atoms with Crippen LogP contribution in [0.25, 0.3) is 10.9 Å². The molecular formula is C18H20N4O. The second-order valence-electron chi connectivity index (χ2n) is 5.18. The highest BCUT2D eigenvalue weighted by Crippen LogP contribution is 2.21. The zero-order chi connectivity index (χ0) is 16.1. The van der Waals surface area contributed by atoms with Gasteiger partial charge in [-0.05, 0) is 23.3 Å². The van der Waals surface area contributed by atoms with E-state index in [1.807, 2.05) is 48.1 Å². The van der Waals surface area contributed by atoms with Gasteiger partial charge in [0.1, 0.15) is 11.9 Å². The van der Waals surface area contributed by atoms with Crippen LogP contribution in [0.3, 0.4) is 0 Å². The summed E-state index contributed by atoms with van der Waals surface area (Å²) in [6.45, 7) is 1.14. The Labute approximate surface area is 135 Å². The molecule has 118 valence electrons. The quantitative estimate of drug-likeness (QED) is 0.887. The van der Waals surface area contributed by atoms with Gasteiger partial charge in [-0.25, -0.2) is 4.99 Å². The Morgan fingerprint density at radius 3 is 2.74 bits per heavy atom. The van der Waals surface area contributed by atoms with E-state index in [1.165, 1.54) is 0 Å². The molecule has 0 bridgehead atoms. The number of nitrogens with two attached hydrogens (primary N) is 2. The van der Waals surface area contributed by atoms with Gasteiger partial charge in [-0.3, -0.25) is 5.32 Å². The van der Waals surface area contributed by atoms with E-state index < -0.39 is 0 Å². The first-order chi connectivity index (χ1) is 11.3. The Morgan fingerprint density at radius 2 is 2.17 bits per heavy atom. The van der Waals surface area contributed by atoms with Crippen molar-refractivity contribution in [3.63, 3.8) is 0 Å². The third-order valence-corrected chi connectivity index (χ3v) is 3.82. The molecule has 1 aromatic rings. The number of benzene rings is 1. The summed E-state index contributed by atoms with van der Waals surface area (Å²) in [6.07, 6.45) is 9.81. The molecule has 0 spiro atoms. The summed E-state index contributed by atoms with van der Waals surface area (Å²) >= 11 is 0. The molecule has 0 aromatic heterocycles. The number of ether oxygens (including phenoxy) is 1. The average Bonchev–Trinajstić information content (AvgIpc) is 2.64. The summed E-state index contributed by atoms with van der Waals surface area (Å²) < 4.78 is 5.18. The summed E-state index contributed by atoms with van der Waals surface area (Å²) in [5, 5.41) is 6.18. The van der Waals surface area contributed by atoms with E-state index in [2.05, 4.69) is 22.6 Å². The normalized spacial score (nSPS) is 18.9. The minimum atomic E-state index is 0.449. The molecule has 1 aromatic carbocycles. The maximum absolute atomic E-state index is 5.92. The SMILES string of the molecule is COc1ccc(C2=C[NH2+]/C(=C(\CN)C3=CC[N-]C=C3)N=C2)cc1. The maximum Gasteiger partial charge on any atom is 0.233 e. The Balaban J connectivity index is 1.81. The van der Waals surface area contributed by atoms with E-state index in [1.54, 1.807) is 7.11 Å². The number of hydrogen-bond donors (Lipinski definition) is 2. The third kappa shape index (κ3) is 3.41. The van der Waals surface area contributed by atoms with Crippen LogP contribution >= 0.6 is 0 Å². The van der Waals surface area contributed by atoms with Crippen LogP contribution in [-0.2, 0) is 0 Å². The van der Waals surface area contributed by atoms with Gasteiger partial charge in [-0.1, -0.05) is 24.3 Å². The molecule has 5 heteroatoms. The summed E-state index contributed by atoms with van der Waals surface area (Å²) in [6, 6.07) is 7.94. The molecule has 0 aliphatic carbocycles. The van der Waals surface area contributed by atoms with Gasteiger partial charge in [0.05, 0.1) is 18.3 Å². The molecule has 0 radical (unpaired) electrons. The van der Waals surface area contributed by atoms with E-state index in [0.717, 1.165) is 33.9 Å². The number of nitrogens with zero attached hydrogens (tertiary/aromatic N) is 2. The van der Waals surface area contributed by atoms with Crippen LogP contribution in [0.2, 0.25) is 0 Å². The molecule has 0 saturated carbocycles. The molecule has 0 atom stereocenters. The first-order valence-electron chi connectivity index (χ1n) is 7.52. The molecule has 5 nitrogen and oxygen atoms in total. The van der Waals surface area contributed by atoms with E-state index in [4.69, 9.17) is 10.5 Å². The molecule has 3 rings (SSSR count). The second-order valence-corrected chi connectivity index (χ2v) is 5.18. The fourth-order valence-corrected chi connectivity index (χ4v) is 2.53. The zero-order valence-electron chi connectivity index (χ0n) is 13.1. The van der Waals surface area contributed by atoms with Crippen LogP contribution in [0, 0.1) is 0 Å². The van der Waals surface area contributed by atoms with Crippen molar-refractivity contribution in [3.8, 4) is 5.75 Å². The highest BCUT2D eigenvalue weighted by Gasteiger charge is 2.15. The number of aliphatic imine (C=N–C) groups is 1. The summed E-state index contributed by atoms with van der Waals surface area (Å²) in [4.78, 5) is 4.59. The molecule has 0 amide bonds. The Kier molecular flexibility index (Phi) is 4.71. The Hall–Kier alpha value is -2.63. The smallest absolute Gasteiger partial charge is 0.233 e. The second kappa shape index (κ2) is 7.09. The van der Waals surface area contributed by atoms with Crippen molar-refractivity contribution in [3.05, 3.63) is 76.7 Å². The topological polar surface area (TPSA) is 78.3 Å². The monoisotopic (exact) mass is 308 g/mol. The maximum atomic E-state index is 5.92. The lowest BCUT2D eigenvalue weighted by Gasteiger charge is -2.20. The van der Waals surface area contributed by atoms with Crippen molar-refractivity contribution in [1.29, 1.82) is 0 Å². The van der Waals surface area contributed by atoms with Crippen LogP contribution in [0.4, 0.5) is 0 Å². The van der Waals surface area contributed by atoms with Gasteiger partial charge >= 0.3 is 0 Å². The van der Waals surface area contributed by atoms with Crippen molar-refractivity contribution in [2.75, 3.05) is 20.2 Å². The van der Waals surface area contributed by atoms with E-state index >= 15 is 0 Å². The minimum Gasteiger partial charge on any atom is -0.687 e. The lowest BCUT2D eigenvalue weighted by Crippen LogP contribution is -2.77. The molecule has 0 unspecified atom stereocenters. The van der Waals surface area contributed by atoms with Crippen LogP contribution < -0.4 is 15.8 Å². The summed E-state index contributed by atoms with van der Waals surface area (Å²) in [5.41, 5.74) is 10.2. The zero-order valence-corrected chi connectivity index (χ0v) is 13.1. The van der Waals surface area contributed by atoms with Crippen molar-refractivity contribution >= 4 is 11.8 Å². The fourth-order valence-electron chi connectivity index (χ4n) is 2.53. The first-order valence-corrected chi connectivity index (χ1v) is 7.52. The predicted octanol–water partition coefficient (Wildman–Crippen LogP) is 1.68. The van der Waals surface area contributed by atoms with Gasteiger partial charge in [0, 0.05) is 12.8 Å². The largest absolute Gasteiger partial charge is 0.687 e. The van der Waals surface area contributed by atoms with Crippen LogP contribution in [0.15, 0.2) is 70.8 Å². The highest BCUT2D eigenvalue weighted by atomic mass is 16.5. The molecule has 0 saturated heterocycles. The van der Waals surface area contributed by atoms with Gasteiger partial charge < -0.3 is 15.8 Å². The summed E-state index contributed by atoms with van der Waals surface area (Å²) in [5.74, 6) is 1.75. The van der Waals surface area contributed by atoms with Crippen LogP contribution in [0.1, 0.15) is 5.56 Å². The molecule has 2 aliphatic heterocycles. The Bertz CT molecular complexity index is 724.